The van der Waals surface area contributed by atoms with Crippen LogP contribution in [0.5, 0.6) is 11.5 Å². The number of alkyl halides is 1. The van der Waals surface area contributed by atoms with Gasteiger partial charge in [-0.05, 0) is 37.5 Å². The van der Waals surface area contributed by atoms with Gasteiger partial charge in [-0.1, -0.05) is 6.07 Å². The van der Waals surface area contributed by atoms with Crippen molar-refractivity contribution in [2.75, 3.05) is 20.8 Å². The summed E-state index contributed by atoms with van der Waals surface area (Å²) < 4.78 is 16.5. The lowest BCUT2D eigenvalue weighted by molar-refractivity contribution is -0.0625. The molecule has 1 fully saturated rings. The molecule has 0 radical (unpaired) electrons. The Bertz CT molecular complexity index is 435. The summed E-state index contributed by atoms with van der Waals surface area (Å²) in [4.78, 5) is 0. The molecule has 1 aliphatic rings. The van der Waals surface area contributed by atoms with Crippen molar-refractivity contribution in [2.24, 2.45) is 0 Å². The summed E-state index contributed by atoms with van der Waals surface area (Å²) in [7, 11) is 3.29. The van der Waals surface area contributed by atoms with Gasteiger partial charge in [-0.2, -0.15) is 0 Å². The Morgan fingerprint density at radius 3 is 2.68 bits per heavy atom. The first-order chi connectivity index (χ1) is 9.06. The van der Waals surface area contributed by atoms with E-state index >= 15 is 0 Å². The van der Waals surface area contributed by atoms with E-state index in [1.807, 2.05) is 18.2 Å². The predicted molar refractivity (Wildman–Crippen MR) is 76.5 cm³/mol. The van der Waals surface area contributed by atoms with Gasteiger partial charge in [0.05, 0.1) is 19.8 Å². The van der Waals surface area contributed by atoms with E-state index in [1.54, 1.807) is 14.2 Å². The van der Waals surface area contributed by atoms with Crippen molar-refractivity contribution in [3.63, 3.8) is 0 Å². The van der Waals surface area contributed by atoms with Crippen LogP contribution in [0.4, 0.5) is 0 Å². The number of rotatable bonds is 4. The third-order valence-corrected chi connectivity index (χ3v) is 3.93. The summed E-state index contributed by atoms with van der Waals surface area (Å²) in [6, 6.07) is 5.98. The quantitative estimate of drug-likeness (QED) is 0.793. The van der Waals surface area contributed by atoms with Crippen molar-refractivity contribution in [3.05, 3.63) is 23.8 Å². The maximum absolute atomic E-state index is 6.25. The van der Waals surface area contributed by atoms with Crippen molar-refractivity contribution < 1.29 is 14.2 Å². The van der Waals surface area contributed by atoms with Gasteiger partial charge in [0.1, 0.15) is 0 Å². The van der Waals surface area contributed by atoms with Gasteiger partial charge >= 0.3 is 0 Å². The Morgan fingerprint density at radius 2 is 2.05 bits per heavy atom. The highest BCUT2D eigenvalue weighted by molar-refractivity contribution is 6.20. The molecule has 0 aliphatic carbocycles. The molecule has 1 aromatic carbocycles. The Kier molecular flexibility index (Phi) is 4.58. The second-order valence-corrected chi connectivity index (χ2v) is 5.87. The van der Waals surface area contributed by atoms with Gasteiger partial charge in [0.15, 0.2) is 11.5 Å². The zero-order valence-electron chi connectivity index (χ0n) is 11.7. The molecule has 0 N–H and O–H groups in total. The van der Waals surface area contributed by atoms with E-state index in [1.165, 1.54) is 5.56 Å². The maximum Gasteiger partial charge on any atom is 0.160 e. The van der Waals surface area contributed by atoms with Crippen LogP contribution in [0, 0.1) is 0 Å². The third-order valence-electron chi connectivity index (χ3n) is 3.56. The summed E-state index contributed by atoms with van der Waals surface area (Å²) in [6.45, 7) is 2.86. The number of halogens is 1. The summed E-state index contributed by atoms with van der Waals surface area (Å²) >= 11 is 6.25. The van der Waals surface area contributed by atoms with Crippen LogP contribution in [0.25, 0.3) is 0 Å². The van der Waals surface area contributed by atoms with Crippen molar-refractivity contribution in [1.82, 2.24) is 0 Å². The molecule has 0 saturated carbocycles. The van der Waals surface area contributed by atoms with Gasteiger partial charge in [-0.15, -0.1) is 11.6 Å². The van der Waals surface area contributed by atoms with E-state index in [4.69, 9.17) is 25.8 Å². The van der Waals surface area contributed by atoms with Gasteiger partial charge < -0.3 is 14.2 Å². The van der Waals surface area contributed by atoms with E-state index in [0.717, 1.165) is 37.4 Å². The molecule has 1 aliphatic heterocycles. The standard InChI is InChI=1S/C15H21ClO3/c1-15(10-12(16)6-7-19-15)9-11-4-5-13(17-2)14(8-11)18-3/h4-5,8,12H,6-7,9-10H2,1-3H3. The van der Waals surface area contributed by atoms with Crippen LogP contribution in [0.15, 0.2) is 18.2 Å². The maximum atomic E-state index is 6.25. The van der Waals surface area contributed by atoms with Crippen molar-refractivity contribution in [3.8, 4) is 11.5 Å². The van der Waals surface area contributed by atoms with Gasteiger partial charge in [-0.25, -0.2) is 0 Å². The zero-order valence-corrected chi connectivity index (χ0v) is 12.5. The molecule has 0 spiro atoms. The molecule has 0 aromatic heterocycles. The number of methoxy groups -OCH3 is 2. The minimum Gasteiger partial charge on any atom is -0.493 e. The Labute approximate surface area is 119 Å². The van der Waals surface area contributed by atoms with E-state index in [2.05, 4.69) is 6.92 Å². The minimum atomic E-state index is -0.190. The van der Waals surface area contributed by atoms with Crippen LogP contribution in [-0.2, 0) is 11.2 Å². The molecule has 2 unspecified atom stereocenters. The summed E-state index contributed by atoms with van der Waals surface area (Å²) in [5, 5.41) is 0.207. The Hall–Kier alpha value is -0.930. The molecule has 1 aromatic rings. The van der Waals surface area contributed by atoms with Gasteiger partial charge in [-0.3, -0.25) is 0 Å². The summed E-state index contributed by atoms with van der Waals surface area (Å²) in [6.07, 6.45) is 2.64. The highest BCUT2D eigenvalue weighted by Crippen LogP contribution is 2.34. The van der Waals surface area contributed by atoms with E-state index in [9.17, 15) is 0 Å². The second kappa shape index (κ2) is 6.02. The number of hydrogen-bond donors (Lipinski definition) is 0. The molecule has 2 rings (SSSR count). The van der Waals surface area contributed by atoms with Crippen LogP contribution in [0.3, 0.4) is 0 Å². The molecule has 4 heteroatoms. The van der Waals surface area contributed by atoms with Gasteiger partial charge in [0, 0.05) is 18.4 Å². The monoisotopic (exact) mass is 284 g/mol. The largest absolute Gasteiger partial charge is 0.493 e. The molecular weight excluding hydrogens is 264 g/mol. The van der Waals surface area contributed by atoms with E-state index in [-0.39, 0.29) is 11.0 Å². The Balaban J connectivity index is 2.14. The first-order valence-corrected chi connectivity index (χ1v) is 6.99. The molecule has 0 amide bonds. The first kappa shape index (κ1) is 14.5. The van der Waals surface area contributed by atoms with Crippen LogP contribution in [0.1, 0.15) is 25.3 Å². The first-order valence-electron chi connectivity index (χ1n) is 6.55. The van der Waals surface area contributed by atoms with Gasteiger partial charge in [0.2, 0.25) is 0 Å². The lowest BCUT2D eigenvalue weighted by Crippen LogP contribution is -2.39. The molecule has 0 bridgehead atoms. The lowest BCUT2D eigenvalue weighted by Gasteiger charge is -2.36. The summed E-state index contributed by atoms with van der Waals surface area (Å²) in [5.41, 5.74) is 0.982. The van der Waals surface area contributed by atoms with Crippen LogP contribution in [0.2, 0.25) is 0 Å². The third kappa shape index (κ3) is 3.54. The topological polar surface area (TPSA) is 27.7 Å². The van der Waals surface area contributed by atoms with Crippen LogP contribution >= 0.6 is 11.6 Å². The smallest absolute Gasteiger partial charge is 0.160 e. The fourth-order valence-corrected chi connectivity index (χ4v) is 3.02. The lowest BCUT2D eigenvalue weighted by atomic mass is 9.89. The number of benzene rings is 1. The number of ether oxygens (including phenoxy) is 3. The number of hydrogen-bond acceptors (Lipinski definition) is 3. The second-order valence-electron chi connectivity index (χ2n) is 5.25. The van der Waals surface area contributed by atoms with Crippen molar-refractivity contribution in [2.45, 2.75) is 37.2 Å². The molecule has 2 atom stereocenters. The van der Waals surface area contributed by atoms with Crippen LogP contribution in [-0.4, -0.2) is 31.8 Å². The van der Waals surface area contributed by atoms with Crippen molar-refractivity contribution in [1.29, 1.82) is 0 Å². The molecule has 19 heavy (non-hydrogen) atoms. The Morgan fingerprint density at radius 1 is 1.32 bits per heavy atom. The average molecular weight is 285 g/mol. The SMILES string of the molecule is COc1ccc(CC2(C)CC(Cl)CCO2)cc1OC. The average Bonchev–Trinajstić information content (AvgIpc) is 2.37. The normalized spacial score (nSPS) is 27.1. The summed E-state index contributed by atoms with van der Waals surface area (Å²) in [5.74, 6) is 1.50. The molecule has 106 valence electrons. The fourth-order valence-electron chi connectivity index (χ4n) is 2.61. The fraction of sp³-hybridized carbons (Fsp3) is 0.600. The van der Waals surface area contributed by atoms with E-state index in [0.29, 0.717) is 0 Å². The van der Waals surface area contributed by atoms with E-state index < -0.39 is 0 Å². The highest BCUT2D eigenvalue weighted by atomic mass is 35.5. The minimum absolute atomic E-state index is 0.190. The molecule has 3 nitrogen and oxygen atoms in total. The molecular formula is C15H21ClO3. The van der Waals surface area contributed by atoms with Crippen molar-refractivity contribution >= 4 is 11.6 Å². The molecule has 1 saturated heterocycles. The molecule has 1 heterocycles. The highest BCUT2D eigenvalue weighted by Gasteiger charge is 2.32. The predicted octanol–water partition coefficient (Wildman–Crippen LogP) is 3.42. The van der Waals surface area contributed by atoms with Crippen LogP contribution < -0.4 is 9.47 Å². The zero-order chi connectivity index (χ0) is 13.9. The van der Waals surface area contributed by atoms with Gasteiger partial charge in [0.25, 0.3) is 0 Å².